The van der Waals surface area contributed by atoms with Gasteiger partial charge in [-0.15, -0.1) is 0 Å². The summed E-state index contributed by atoms with van der Waals surface area (Å²) in [5.41, 5.74) is 2.24. The number of hydrogen-bond donors (Lipinski definition) is 1. The molecule has 152 valence electrons. The molecule has 0 heterocycles. The molecule has 4 heteroatoms. The summed E-state index contributed by atoms with van der Waals surface area (Å²) in [5.74, 6) is -0.00870. The molecule has 1 aromatic rings. The molecule has 1 N–H and O–H groups in total. The lowest BCUT2D eigenvalue weighted by atomic mass is 9.94. The van der Waals surface area contributed by atoms with Crippen molar-refractivity contribution in [2.75, 3.05) is 32.8 Å². The average molecular weight is 377 g/mol. The Kier molecular flexibility index (Phi) is 8.30. The average Bonchev–Trinajstić information content (AvgIpc) is 3.10. The van der Waals surface area contributed by atoms with Crippen LogP contribution < -0.4 is 0 Å². The predicted octanol–water partition coefficient (Wildman–Crippen LogP) is 3.91. The second-order valence-electron chi connectivity index (χ2n) is 8.11. The molecule has 0 amide bonds. The third-order valence-corrected chi connectivity index (χ3v) is 6.77. The third-order valence-electron chi connectivity index (χ3n) is 6.77. The van der Waals surface area contributed by atoms with Gasteiger partial charge in [0, 0.05) is 0 Å². The fourth-order valence-corrected chi connectivity index (χ4v) is 4.25. The SMILES string of the molecule is CC[N+](CC)(CC)CCOC(=O)[C@@H](C)c1ccc(C[C@H]2CCC[C@@H]2O)cc1. The highest BCUT2D eigenvalue weighted by molar-refractivity contribution is 5.77. The number of hydrogen-bond acceptors (Lipinski definition) is 3. The highest BCUT2D eigenvalue weighted by atomic mass is 16.5. The summed E-state index contributed by atoms with van der Waals surface area (Å²) in [4.78, 5) is 12.4. The fraction of sp³-hybridized carbons (Fsp3) is 0.696. The number of quaternary nitrogens is 1. The van der Waals surface area contributed by atoms with Gasteiger partial charge < -0.3 is 14.3 Å². The third kappa shape index (κ3) is 5.79. The topological polar surface area (TPSA) is 46.5 Å². The summed E-state index contributed by atoms with van der Waals surface area (Å²) < 4.78 is 6.57. The Labute approximate surface area is 165 Å². The minimum Gasteiger partial charge on any atom is -0.459 e. The highest BCUT2D eigenvalue weighted by Crippen LogP contribution is 2.29. The summed E-state index contributed by atoms with van der Waals surface area (Å²) in [5, 5.41) is 10.00. The number of esters is 1. The van der Waals surface area contributed by atoms with Crippen molar-refractivity contribution in [2.24, 2.45) is 5.92 Å². The molecule has 1 aromatic carbocycles. The first-order chi connectivity index (χ1) is 12.9. The van der Waals surface area contributed by atoms with Gasteiger partial charge in [-0.25, -0.2) is 0 Å². The molecule has 0 aromatic heterocycles. The zero-order chi connectivity index (χ0) is 19.9. The molecule has 0 unspecified atom stereocenters. The number of carbonyl (C=O) groups is 1. The summed E-state index contributed by atoms with van der Waals surface area (Å²) >= 11 is 0. The molecule has 0 spiro atoms. The van der Waals surface area contributed by atoms with Crippen LogP contribution in [0, 0.1) is 5.92 Å². The fourth-order valence-electron chi connectivity index (χ4n) is 4.25. The lowest BCUT2D eigenvalue weighted by Crippen LogP contribution is -2.49. The molecule has 3 atom stereocenters. The lowest BCUT2D eigenvalue weighted by molar-refractivity contribution is -0.923. The number of benzene rings is 1. The Bertz CT molecular complexity index is 572. The minimum absolute atomic E-state index is 0.143. The number of aliphatic hydroxyl groups is 1. The van der Waals surface area contributed by atoms with Crippen LogP contribution in [-0.4, -0.2) is 54.4 Å². The van der Waals surface area contributed by atoms with Crippen molar-refractivity contribution in [1.82, 2.24) is 0 Å². The first-order valence-electron chi connectivity index (χ1n) is 10.7. The van der Waals surface area contributed by atoms with Crippen molar-refractivity contribution in [2.45, 2.75) is 65.4 Å². The van der Waals surface area contributed by atoms with E-state index in [2.05, 4.69) is 32.9 Å². The Hall–Kier alpha value is -1.39. The van der Waals surface area contributed by atoms with Crippen molar-refractivity contribution in [3.63, 3.8) is 0 Å². The van der Waals surface area contributed by atoms with Gasteiger partial charge in [0.25, 0.3) is 0 Å². The van der Waals surface area contributed by atoms with Crippen LogP contribution in [0.4, 0.5) is 0 Å². The van der Waals surface area contributed by atoms with Gasteiger partial charge >= 0.3 is 5.97 Å². The van der Waals surface area contributed by atoms with Gasteiger partial charge in [-0.05, 0) is 64.0 Å². The van der Waals surface area contributed by atoms with E-state index in [-0.39, 0.29) is 18.0 Å². The van der Waals surface area contributed by atoms with Crippen LogP contribution in [0.1, 0.15) is 64.0 Å². The molecule has 0 aliphatic heterocycles. The van der Waals surface area contributed by atoms with Crippen LogP contribution in [0.2, 0.25) is 0 Å². The molecule has 1 aliphatic rings. The van der Waals surface area contributed by atoms with Gasteiger partial charge in [0.2, 0.25) is 0 Å². The van der Waals surface area contributed by atoms with Crippen molar-refractivity contribution in [3.05, 3.63) is 35.4 Å². The van der Waals surface area contributed by atoms with E-state index in [4.69, 9.17) is 4.74 Å². The number of carbonyl (C=O) groups excluding carboxylic acids is 1. The Morgan fingerprint density at radius 2 is 1.78 bits per heavy atom. The largest absolute Gasteiger partial charge is 0.459 e. The Balaban J connectivity index is 1.85. The van der Waals surface area contributed by atoms with Gasteiger partial charge in [0.15, 0.2) is 0 Å². The monoisotopic (exact) mass is 376 g/mol. The zero-order valence-electron chi connectivity index (χ0n) is 17.6. The van der Waals surface area contributed by atoms with Crippen molar-refractivity contribution >= 4 is 5.97 Å². The van der Waals surface area contributed by atoms with Gasteiger partial charge in [-0.3, -0.25) is 4.79 Å². The summed E-state index contributed by atoms with van der Waals surface area (Å²) in [7, 11) is 0. The molecule has 2 rings (SSSR count). The number of nitrogens with zero attached hydrogens (tertiary/aromatic N) is 1. The Morgan fingerprint density at radius 1 is 1.15 bits per heavy atom. The molecular formula is C23H38NO3+. The first-order valence-corrected chi connectivity index (χ1v) is 10.7. The normalized spacial score (nSPS) is 21.2. The van der Waals surface area contributed by atoms with Gasteiger partial charge in [-0.2, -0.15) is 0 Å². The van der Waals surface area contributed by atoms with Crippen molar-refractivity contribution in [3.8, 4) is 0 Å². The van der Waals surface area contributed by atoms with Gasteiger partial charge in [-0.1, -0.05) is 30.7 Å². The van der Waals surface area contributed by atoms with E-state index in [1.54, 1.807) is 0 Å². The summed E-state index contributed by atoms with van der Waals surface area (Å²) in [6.07, 6.45) is 3.93. The first kappa shape index (κ1) is 21.9. The number of ether oxygens (including phenoxy) is 1. The molecule has 4 nitrogen and oxygen atoms in total. The Morgan fingerprint density at radius 3 is 2.30 bits per heavy atom. The van der Waals surface area contributed by atoms with Crippen molar-refractivity contribution < 1.29 is 19.1 Å². The van der Waals surface area contributed by atoms with E-state index in [1.165, 1.54) is 5.56 Å². The molecule has 1 fully saturated rings. The van der Waals surface area contributed by atoms with Crippen LogP contribution >= 0.6 is 0 Å². The molecule has 0 radical (unpaired) electrons. The second-order valence-corrected chi connectivity index (χ2v) is 8.11. The number of rotatable bonds is 10. The minimum atomic E-state index is -0.247. The van der Waals surface area contributed by atoms with E-state index in [0.717, 1.165) is 61.9 Å². The maximum atomic E-state index is 12.4. The molecule has 0 bridgehead atoms. The number of likely N-dealkylation sites (N-methyl/N-ethyl adjacent to an activating group) is 1. The standard InChI is InChI=1S/C23H38NO3/c1-5-24(6-2,7-3)15-16-27-23(26)18(4)20-13-11-19(12-14-20)17-21-9-8-10-22(21)25/h11-14,18,21-22,25H,5-10,15-17H2,1-4H3/q+1/t18-,21+,22-/m0/s1. The quantitative estimate of drug-likeness (QED) is 0.497. The van der Waals surface area contributed by atoms with E-state index in [0.29, 0.717) is 12.5 Å². The summed E-state index contributed by atoms with van der Waals surface area (Å²) in [6.45, 7) is 13.1. The second kappa shape index (κ2) is 10.2. The maximum Gasteiger partial charge on any atom is 0.313 e. The molecule has 27 heavy (non-hydrogen) atoms. The summed E-state index contributed by atoms with van der Waals surface area (Å²) in [6, 6.07) is 8.26. The molecule has 1 saturated carbocycles. The zero-order valence-corrected chi connectivity index (χ0v) is 17.6. The van der Waals surface area contributed by atoms with E-state index in [9.17, 15) is 9.90 Å². The van der Waals surface area contributed by atoms with Crippen LogP contribution in [0.5, 0.6) is 0 Å². The lowest BCUT2D eigenvalue weighted by Gasteiger charge is -2.35. The smallest absolute Gasteiger partial charge is 0.313 e. The number of aliphatic hydroxyl groups excluding tert-OH is 1. The molecule has 0 saturated heterocycles. The predicted molar refractivity (Wildman–Crippen MR) is 110 cm³/mol. The molecule has 1 aliphatic carbocycles. The maximum absolute atomic E-state index is 12.4. The van der Waals surface area contributed by atoms with E-state index in [1.807, 2.05) is 19.1 Å². The van der Waals surface area contributed by atoms with Gasteiger partial charge in [0.1, 0.15) is 13.2 Å². The van der Waals surface area contributed by atoms with Crippen LogP contribution in [-0.2, 0) is 16.0 Å². The van der Waals surface area contributed by atoms with E-state index >= 15 is 0 Å². The van der Waals surface area contributed by atoms with Crippen LogP contribution in [0.15, 0.2) is 24.3 Å². The van der Waals surface area contributed by atoms with Gasteiger partial charge in [0.05, 0.1) is 31.7 Å². The highest BCUT2D eigenvalue weighted by Gasteiger charge is 2.26. The van der Waals surface area contributed by atoms with Crippen LogP contribution in [0.3, 0.4) is 0 Å². The van der Waals surface area contributed by atoms with Crippen LogP contribution in [0.25, 0.3) is 0 Å². The van der Waals surface area contributed by atoms with E-state index < -0.39 is 0 Å². The van der Waals surface area contributed by atoms with Crippen molar-refractivity contribution in [1.29, 1.82) is 0 Å². The molecular weight excluding hydrogens is 338 g/mol.